The van der Waals surface area contributed by atoms with Crippen LogP contribution in [0.25, 0.3) is 0 Å². The fourth-order valence-corrected chi connectivity index (χ4v) is 4.16. The number of hydrogen-bond donors (Lipinski definition) is 2. The van der Waals surface area contributed by atoms with Gasteiger partial charge in [0.2, 0.25) is 11.8 Å². The van der Waals surface area contributed by atoms with Crippen molar-refractivity contribution < 1.29 is 9.59 Å². The van der Waals surface area contributed by atoms with Gasteiger partial charge >= 0.3 is 0 Å². The maximum Gasteiger partial charge on any atom is 0.236 e. The van der Waals surface area contributed by atoms with E-state index in [9.17, 15) is 9.59 Å². The number of pyridine rings is 1. The summed E-state index contributed by atoms with van der Waals surface area (Å²) < 4.78 is 0.699. The Morgan fingerprint density at radius 3 is 2.75 bits per heavy atom. The van der Waals surface area contributed by atoms with E-state index in [1.165, 1.54) is 29.3 Å². The number of nitrogens with zero attached hydrogens (tertiary/aromatic N) is 2. The standard InChI is InChI=1S/C14H14Cl2N4O2S2/c1-6-8(15)4-18-13(12(6)16)20-11(22)5-23-14-19-7(2)9(24-14)3-10(17)21/h4H,3,5H2,1-2H3,(H2,17,21)(H,18,20,22). The molecule has 128 valence electrons. The van der Waals surface area contributed by atoms with E-state index >= 15 is 0 Å². The van der Waals surface area contributed by atoms with Crippen LogP contribution in [0.15, 0.2) is 10.5 Å². The fourth-order valence-electron chi connectivity index (χ4n) is 1.73. The highest BCUT2D eigenvalue weighted by Crippen LogP contribution is 2.30. The highest BCUT2D eigenvalue weighted by Gasteiger charge is 2.14. The maximum atomic E-state index is 12.0. The Balaban J connectivity index is 1.97. The van der Waals surface area contributed by atoms with Gasteiger partial charge in [-0.15, -0.1) is 11.3 Å². The number of primary amides is 1. The van der Waals surface area contributed by atoms with Crippen molar-refractivity contribution in [1.82, 2.24) is 9.97 Å². The summed E-state index contributed by atoms with van der Waals surface area (Å²) in [7, 11) is 0. The molecule has 24 heavy (non-hydrogen) atoms. The van der Waals surface area contributed by atoms with Crippen LogP contribution in [0.2, 0.25) is 10.0 Å². The number of hydrogen-bond acceptors (Lipinski definition) is 6. The SMILES string of the molecule is Cc1nc(SCC(=O)Nc2ncc(Cl)c(C)c2Cl)sc1CC(N)=O. The summed E-state index contributed by atoms with van der Waals surface area (Å²) in [6.07, 6.45) is 1.59. The molecule has 2 rings (SSSR count). The first-order chi connectivity index (χ1) is 11.3. The van der Waals surface area contributed by atoms with Crippen LogP contribution in [0.1, 0.15) is 16.1 Å². The van der Waals surface area contributed by atoms with Crippen molar-refractivity contribution in [3.05, 3.63) is 32.4 Å². The first kappa shape index (κ1) is 19.0. The van der Waals surface area contributed by atoms with E-state index in [1.807, 2.05) is 0 Å². The average Bonchev–Trinajstić information content (AvgIpc) is 2.85. The summed E-state index contributed by atoms with van der Waals surface area (Å²) >= 11 is 14.6. The summed E-state index contributed by atoms with van der Waals surface area (Å²) in [5.74, 6) is -0.257. The van der Waals surface area contributed by atoms with Crippen molar-refractivity contribution in [2.75, 3.05) is 11.1 Å². The van der Waals surface area contributed by atoms with Crippen molar-refractivity contribution in [2.24, 2.45) is 5.73 Å². The van der Waals surface area contributed by atoms with Crippen molar-refractivity contribution in [1.29, 1.82) is 0 Å². The molecule has 0 spiro atoms. The molecule has 0 atom stereocenters. The first-order valence-corrected chi connectivity index (χ1v) is 9.31. The largest absolute Gasteiger partial charge is 0.369 e. The number of thiazole rings is 1. The van der Waals surface area contributed by atoms with Gasteiger partial charge < -0.3 is 11.1 Å². The third-order valence-corrected chi connectivity index (χ3v) is 6.14. The van der Waals surface area contributed by atoms with E-state index in [0.29, 0.717) is 19.9 Å². The monoisotopic (exact) mass is 404 g/mol. The van der Waals surface area contributed by atoms with Gasteiger partial charge in [0.25, 0.3) is 0 Å². The summed E-state index contributed by atoms with van der Waals surface area (Å²) in [4.78, 5) is 32.2. The first-order valence-electron chi connectivity index (χ1n) is 6.75. The Bertz CT molecular complexity index is 795. The predicted molar refractivity (Wildman–Crippen MR) is 98.1 cm³/mol. The van der Waals surface area contributed by atoms with Gasteiger partial charge in [-0.25, -0.2) is 9.97 Å². The van der Waals surface area contributed by atoms with Crippen LogP contribution in [0.4, 0.5) is 5.82 Å². The number of carbonyl (C=O) groups is 2. The fraction of sp³-hybridized carbons (Fsp3) is 0.286. The van der Waals surface area contributed by atoms with Gasteiger partial charge in [-0.1, -0.05) is 35.0 Å². The molecule has 0 unspecified atom stereocenters. The molecule has 0 aliphatic heterocycles. The Morgan fingerprint density at radius 1 is 1.38 bits per heavy atom. The van der Waals surface area contributed by atoms with Gasteiger partial charge in [0.15, 0.2) is 10.2 Å². The highest BCUT2D eigenvalue weighted by atomic mass is 35.5. The van der Waals surface area contributed by atoms with Crippen LogP contribution >= 0.6 is 46.3 Å². The Morgan fingerprint density at radius 2 is 2.08 bits per heavy atom. The molecule has 2 amide bonds. The minimum Gasteiger partial charge on any atom is -0.369 e. The molecule has 0 radical (unpaired) electrons. The quantitative estimate of drug-likeness (QED) is 0.720. The van der Waals surface area contributed by atoms with E-state index in [1.54, 1.807) is 13.8 Å². The Kier molecular flexibility index (Phi) is 6.45. The van der Waals surface area contributed by atoms with E-state index in [4.69, 9.17) is 28.9 Å². The van der Waals surface area contributed by atoms with Gasteiger partial charge in [0, 0.05) is 11.1 Å². The lowest BCUT2D eigenvalue weighted by molar-refractivity contribution is -0.117. The van der Waals surface area contributed by atoms with Crippen LogP contribution in [0, 0.1) is 13.8 Å². The third-order valence-electron chi connectivity index (χ3n) is 2.99. The van der Waals surface area contributed by atoms with Crippen LogP contribution in [-0.2, 0) is 16.0 Å². The number of nitrogens with two attached hydrogens (primary N) is 1. The zero-order valence-corrected chi connectivity index (χ0v) is 16.0. The number of nitrogens with one attached hydrogen (secondary N) is 1. The van der Waals surface area contributed by atoms with E-state index in [-0.39, 0.29) is 23.9 Å². The summed E-state index contributed by atoms with van der Waals surface area (Å²) in [6.45, 7) is 3.55. The maximum absolute atomic E-state index is 12.0. The number of carbonyl (C=O) groups excluding carboxylic acids is 2. The Hall–Kier alpha value is -1.35. The molecule has 0 aliphatic rings. The molecule has 2 heterocycles. The molecule has 0 bridgehead atoms. The van der Waals surface area contributed by atoms with E-state index in [0.717, 1.165) is 10.6 Å². The number of anilines is 1. The molecule has 0 saturated carbocycles. The topological polar surface area (TPSA) is 98.0 Å². The molecule has 0 aliphatic carbocycles. The van der Waals surface area contributed by atoms with Crippen molar-refractivity contribution in [2.45, 2.75) is 24.6 Å². The average molecular weight is 405 g/mol. The number of rotatable bonds is 6. The molecule has 0 saturated heterocycles. The molecule has 3 N–H and O–H groups in total. The predicted octanol–water partition coefficient (Wildman–Crippen LogP) is 3.22. The molecule has 10 heteroatoms. The lowest BCUT2D eigenvalue weighted by Gasteiger charge is -2.08. The molecular weight excluding hydrogens is 391 g/mol. The van der Waals surface area contributed by atoms with Crippen molar-refractivity contribution in [3.63, 3.8) is 0 Å². The third kappa shape index (κ3) is 4.83. The van der Waals surface area contributed by atoms with Gasteiger partial charge in [0.1, 0.15) is 0 Å². The number of halogens is 2. The summed E-state index contributed by atoms with van der Waals surface area (Å²) in [5, 5.41) is 3.40. The number of thioether (sulfide) groups is 1. The molecular formula is C14H14Cl2N4O2S2. The zero-order chi connectivity index (χ0) is 17.9. The van der Waals surface area contributed by atoms with Crippen molar-refractivity contribution >= 4 is 63.9 Å². The Labute approximate surface area is 157 Å². The summed E-state index contributed by atoms with van der Waals surface area (Å²) in [6, 6.07) is 0. The van der Waals surface area contributed by atoms with Crippen LogP contribution in [-0.4, -0.2) is 27.5 Å². The van der Waals surface area contributed by atoms with E-state index in [2.05, 4.69) is 15.3 Å². The molecule has 6 nitrogen and oxygen atoms in total. The molecule has 0 fully saturated rings. The minimum atomic E-state index is -0.408. The minimum absolute atomic E-state index is 0.142. The second-order valence-electron chi connectivity index (χ2n) is 4.86. The molecule has 2 aromatic rings. The highest BCUT2D eigenvalue weighted by molar-refractivity contribution is 8.01. The summed E-state index contributed by atoms with van der Waals surface area (Å²) in [5.41, 5.74) is 6.59. The lowest BCUT2D eigenvalue weighted by atomic mass is 10.3. The molecule has 2 aromatic heterocycles. The number of amides is 2. The van der Waals surface area contributed by atoms with Gasteiger partial charge in [-0.2, -0.15) is 0 Å². The van der Waals surface area contributed by atoms with E-state index < -0.39 is 5.91 Å². The zero-order valence-electron chi connectivity index (χ0n) is 12.9. The molecule has 0 aromatic carbocycles. The smallest absolute Gasteiger partial charge is 0.236 e. The van der Waals surface area contributed by atoms with Crippen LogP contribution in [0.5, 0.6) is 0 Å². The second kappa shape index (κ2) is 8.15. The van der Waals surface area contributed by atoms with Gasteiger partial charge in [0.05, 0.1) is 27.9 Å². The normalized spacial score (nSPS) is 10.7. The van der Waals surface area contributed by atoms with Crippen LogP contribution < -0.4 is 11.1 Å². The van der Waals surface area contributed by atoms with Gasteiger partial charge in [-0.3, -0.25) is 9.59 Å². The van der Waals surface area contributed by atoms with Crippen molar-refractivity contribution in [3.8, 4) is 0 Å². The second-order valence-corrected chi connectivity index (χ2v) is 7.95. The lowest BCUT2D eigenvalue weighted by Crippen LogP contribution is -2.15. The number of aryl methyl sites for hydroxylation is 1. The number of aromatic nitrogens is 2. The van der Waals surface area contributed by atoms with Crippen LogP contribution in [0.3, 0.4) is 0 Å². The van der Waals surface area contributed by atoms with Gasteiger partial charge in [-0.05, 0) is 19.4 Å².